The van der Waals surface area contributed by atoms with Crippen LogP contribution in [0.15, 0.2) is 41.6 Å². The van der Waals surface area contributed by atoms with Gasteiger partial charge in [0.15, 0.2) is 20.6 Å². The number of aromatic nitrogens is 3. The highest BCUT2D eigenvalue weighted by Crippen LogP contribution is 2.38. The molecule has 0 saturated carbocycles. The Labute approximate surface area is 211 Å². The fraction of sp³-hybridized carbons (Fsp3) is 0.304. The molecule has 0 spiro atoms. The average Bonchev–Trinajstić information content (AvgIpc) is 2.77. The molecule has 3 aromatic rings. The second kappa shape index (κ2) is 9.76. The normalized spacial score (nSPS) is 14.2. The van der Waals surface area contributed by atoms with Gasteiger partial charge < -0.3 is 24.8 Å². The first kappa shape index (κ1) is 26.0. The number of hydrogen-bond acceptors (Lipinski definition) is 10. The van der Waals surface area contributed by atoms with Crippen LogP contribution in [-0.2, 0) is 14.6 Å². The molecule has 37 heavy (non-hydrogen) atoms. The Kier molecular flexibility index (Phi) is 6.86. The molecule has 3 aromatic heterocycles. The smallest absolute Gasteiger partial charge is 0.387 e. The van der Waals surface area contributed by atoms with Gasteiger partial charge in [0.1, 0.15) is 29.6 Å². The molecule has 0 bridgehead atoms. The summed E-state index contributed by atoms with van der Waals surface area (Å²) in [5, 5.41) is 4.97. The van der Waals surface area contributed by atoms with Crippen LogP contribution in [0.25, 0.3) is 11.3 Å². The summed E-state index contributed by atoms with van der Waals surface area (Å²) in [6.07, 6.45) is 2.31. The molecule has 0 fully saturated rings. The molecule has 0 aliphatic carbocycles. The van der Waals surface area contributed by atoms with Gasteiger partial charge in [-0.3, -0.25) is 4.79 Å². The Morgan fingerprint density at radius 2 is 1.92 bits per heavy atom. The lowest BCUT2D eigenvalue weighted by Gasteiger charge is -2.31. The number of pyridine rings is 3. The highest BCUT2D eigenvalue weighted by Gasteiger charge is 2.29. The Balaban J connectivity index is 1.79. The molecule has 0 aromatic carbocycles. The lowest BCUT2D eigenvalue weighted by molar-refractivity contribution is -0.114. The van der Waals surface area contributed by atoms with Crippen LogP contribution in [0.1, 0.15) is 20.8 Å². The number of fused-ring (bicyclic) bond motifs is 1. The van der Waals surface area contributed by atoms with Crippen molar-refractivity contribution in [1.82, 2.24) is 15.0 Å². The van der Waals surface area contributed by atoms with E-state index in [-0.39, 0.29) is 35.7 Å². The van der Waals surface area contributed by atoms with Gasteiger partial charge in [-0.05, 0) is 26.0 Å². The molecule has 14 heteroatoms. The number of carbonyl (C=O) groups excluding carboxylic acids is 1. The average molecular weight is 536 g/mol. The summed E-state index contributed by atoms with van der Waals surface area (Å²) in [5.41, 5.74) is 0.561. The number of carbonyl (C=O) groups is 1. The van der Waals surface area contributed by atoms with Gasteiger partial charge in [-0.2, -0.15) is 8.78 Å². The second-order valence-electron chi connectivity index (χ2n) is 8.75. The zero-order valence-corrected chi connectivity index (χ0v) is 21.0. The van der Waals surface area contributed by atoms with Crippen molar-refractivity contribution in [3.63, 3.8) is 0 Å². The number of rotatable bonds is 7. The van der Waals surface area contributed by atoms with Gasteiger partial charge in [-0.1, -0.05) is 0 Å². The van der Waals surface area contributed by atoms with Gasteiger partial charge >= 0.3 is 6.61 Å². The van der Waals surface area contributed by atoms with Crippen LogP contribution in [0.4, 0.5) is 26.1 Å². The maximum absolute atomic E-state index is 12.9. The van der Waals surface area contributed by atoms with E-state index in [1.54, 1.807) is 12.1 Å². The number of halogens is 2. The fourth-order valence-electron chi connectivity index (χ4n) is 3.38. The van der Waals surface area contributed by atoms with Crippen LogP contribution in [0, 0.1) is 0 Å². The van der Waals surface area contributed by atoms with Crippen molar-refractivity contribution >= 4 is 33.1 Å². The highest BCUT2D eigenvalue weighted by molar-refractivity contribution is 7.90. The van der Waals surface area contributed by atoms with Gasteiger partial charge in [-0.15, -0.1) is 0 Å². The maximum Gasteiger partial charge on any atom is 0.387 e. The minimum Gasteiger partial charge on any atom is -0.479 e. The van der Waals surface area contributed by atoms with Crippen molar-refractivity contribution in [2.45, 2.75) is 38.0 Å². The minimum atomic E-state index is -3.87. The third-order valence-electron chi connectivity index (χ3n) is 4.90. The van der Waals surface area contributed by atoms with Crippen molar-refractivity contribution in [1.29, 1.82) is 0 Å². The SMILES string of the molecule is CC(=O)Nc1cc(Nc2cc(OC(F)F)cc(S(C)(=O)=O)n2)c(-c2ccc3c(n2)OCC(C)(C)O3)cn1. The van der Waals surface area contributed by atoms with Crippen molar-refractivity contribution in [2.24, 2.45) is 0 Å². The summed E-state index contributed by atoms with van der Waals surface area (Å²) in [6.45, 7) is 2.14. The highest BCUT2D eigenvalue weighted by atomic mass is 32.2. The summed E-state index contributed by atoms with van der Waals surface area (Å²) < 4.78 is 65.9. The molecule has 2 N–H and O–H groups in total. The Hall–Kier alpha value is -4.07. The minimum absolute atomic E-state index is 0.112. The van der Waals surface area contributed by atoms with Crippen molar-refractivity contribution < 1.29 is 36.2 Å². The number of ether oxygens (including phenoxy) is 3. The summed E-state index contributed by atoms with van der Waals surface area (Å²) in [7, 11) is -3.87. The first-order chi connectivity index (χ1) is 17.3. The van der Waals surface area contributed by atoms with E-state index in [0.29, 0.717) is 17.0 Å². The zero-order chi connectivity index (χ0) is 27.0. The van der Waals surface area contributed by atoms with Crippen molar-refractivity contribution in [3.8, 4) is 28.6 Å². The van der Waals surface area contributed by atoms with Crippen molar-refractivity contribution in [3.05, 3.63) is 36.5 Å². The number of nitrogens with one attached hydrogen (secondary N) is 2. The fourth-order valence-corrected chi connectivity index (χ4v) is 3.98. The summed E-state index contributed by atoms with van der Waals surface area (Å²) in [5.74, 6) is -0.0191. The lowest BCUT2D eigenvalue weighted by atomic mass is 10.1. The van der Waals surface area contributed by atoms with Crippen LogP contribution < -0.4 is 24.8 Å². The predicted octanol–water partition coefficient (Wildman–Crippen LogP) is 3.80. The molecule has 4 heterocycles. The van der Waals surface area contributed by atoms with Crippen molar-refractivity contribution in [2.75, 3.05) is 23.5 Å². The molecule has 0 saturated heterocycles. The largest absolute Gasteiger partial charge is 0.479 e. The van der Waals surface area contributed by atoms with Gasteiger partial charge in [0.05, 0.1) is 11.4 Å². The third-order valence-corrected chi connectivity index (χ3v) is 5.86. The lowest BCUT2D eigenvalue weighted by Crippen LogP contribution is -2.39. The third kappa shape index (κ3) is 6.39. The molecular formula is C23H23F2N5O6S. The quantitative estimate of drug-likeness (QED) is 0.459. The molecule has 0 atom stereocenters. The van der Waals surface area contributed by atoms with Crippen LogP contribution in [-0.4, -0.2) is 54.4 Å². The zero-order valence-electron chi connectivity index (χ0n) is 20.2. The van der Waals surface area contributed by atoms with Gasteiger partial charge in [0.2, 0.25) is 5.91 Å². The van der Waals surface area contributed by atoms with E-state index in [0.717, 1.165) is 18.4 Å². The molecule has 196 valence electrons. The van der Waals surface area contributed by atoms with E-state index < -0.39 is 32.8 Å². The number of hydrogen-bond donors (Lipinski definition) is 2. The van der Waals surface area contributed by atoms with E-state index >= 15 is 0 Å². The van der Waals surface area contributed by atoms with Gasteiger partial charge in [-0.25, -0.2) is 23.4 Å². The second-order valence-corrected chi connectivity index (χ2v) is 10.7. The molecule has 4 rings (SSSR count). The molecule has 0 radical (unpaired) electrons. The first-order valence-corrected chi connectivity index (χ1v) is 12.7. The first-order valence-electron chi connectivity index (χ1n) is 10.8. The number of nitrogens with zero attached hydrogens (tertiary/aromatic N) is 3. The maximum atomic E-state index is 12.9. The summed E-state index contributed by atoms with van der Waals surface area (Å²) in [6, 6.07) is 6.81. The van der Waals surface area contributed by atoms with E-state index in [4.69, 9.17) is 9.47 Å². The topological polar surface area (TPSA) is 142 Å². The van der Waals surface area contributed by atoms with Crippen LogP contribution >= 0.6 is 0 Å². The Bertz CT molecular complexity index is 1470. The number of alkyl halides is 2. The Morgan fingerprint density at radius 3 is 2.59 bits per heavy atom. The van der Waals surface area contributed by atoms with E-state index in [9.17, 15) is 22.0 Å². The van der Waals surface area contributed by atoms with Crippen LogP contribution in [0.2, 0.25) is 0 Å². The summed E-state index contributed by atoms with van der Waals surface area (Å²) >= 11 is 0. The van der Waals surface area contributed by atoms with Gasteiger partial charge in [0.25, 0.3) is 5.88 Å². The number of sulfone groups is 1. The van der Waals surface area contributed by atoms with E-state index in [2.05, 4.69) is 30.3 Å². The van der Waals surface area contributed by atoms with Gasteiger partial charge in [0, 0.05) is 43.1 Å². The van der Waals surface area contributed by atoms with Crippen LogP contribution in [0.3, 0.4) is 0 Å². The molecule has 1 amide bonds. The molecular weight excluding hydrogens is 512 g/mol. The monoisotopic (exact) mass is 535 g/mol. The molecule has 0 unspecified atom stereocenters. The molecule has 1 aliphatic rings. The molecule has 11 nitrogen and oxygen atoms in total. The number of anilines is 3. The van der Waals surface area contributed by atoms with Crippen LogP contribution in [0.5, 0.6) is 17.4 Å². The number of amides is 1. The van der Waals surface area contributed by atoms with E-state index in [1.165, 1.54) is 19.2 Å². The summed E-state index contributed by atoms with van der Waals surface area (Å²) in [4.78, 5) is 24.3. The molecule has 1 aliphatic heterocycles. The van der Waals surface area contributed by atoms with E-state index in [1.807, 2.05) is 13.8 Å². The predicted molar refractivity (Wildman–Crippen MR) is 129 cm³/mol. The standard InChI is InChI=1S/C23H23F2N5O6S/c1-12(31)27-18-9-16(28-19-7-13(35-22(24)25)8-20(30-19)37(4,32)33)14(10-26-18)15-5-6-17-21(29-15)34-11-23(2,3)36-17/h5-10,22H,11H2,1-4H3,(H2,26,27,28,30,31). The Morgan fingerprint density at radius 1 is 1.16 bits per heavy atom.